The van der Waals surface area contributed by atoms with E-state index in [1.54, 1.807) is 6.20 Å². The molecule has 0 saturated carbocycles. The summed E-state index contributed by atoms with van der Waals surface area (Å²) in [5, 5.41) is 0. The number of aromatic nitrogens is 1. The molecule has 0 bridgehead atoms. The molecule has 2 aliphatic rings. The Hall–Kier alpha value is -2.29. The molecule has 0 spiro atoms. The molecule has 2 heterocycles. The van der Waals surface area contributed by atoms with Gasteiger partial charge in [0.25, 0.3) is 5.56 Å². The van der Waals surface area contributed by atoms with Crippen LogP contribution in [-0.2, 0) is 0 Å². The SMILES string of the molecule is CC1=C[C@]2(C)Oc3c(-c4ccccc4)c[nH]c(=O)c3[C@@H]2[C@H]1C. The van der Waals surface area contributed by atoms with Gasteiger partial charge in [0.2, 0.25) is 0 Å². The summed E-state index contributed by atoms with van der Waals surface area (Å²) in [5.74, 6) is 1.16. The number of fused-ring (bicyclic) bond motifs is 3. The van der Waals surface area contributed by atoms with Crippen molar-refractivity contribution in [2.24, 2.45) is 5.92 Å². The van der Waals surface area contributed by atoms with Crippen molar-refractivity contribution >= 4 is 0 Å². The summed E-state index contributed by atoms with van der Waals surface area (Å²) < 4.78 is 6.33. The van der Waals surface area contributed by atoms with Crippen molar-refractivity contribution < 1.29 is 4.74 Å². The standard InChI is InChI=1S/C19H19NO2/c1-11-9-19(3)16(12(11)2)15-17(22-19)14(10-20-18(15)21)13-7-5-4-6-8-13/h4-10,12,16H,1-3H3,(H,20,21)/t12-,16-,19-/m0/s1. The van der Waals surface area contributed by atoms with E-state index in [1.807, 2.05) is 30.3 Å². The summed E-state index contributed by atoms with van der Waals surface area (Å²) in [6.45, 7) is 6.38. The summed E-state index contributed by atoms with van der Waals surface area (Å²) in [7, 11) is 0. The van der Waals surface area contributed by atoms with Gasteiger partial charge in [0.05, 0.1) is 5.56 Å². The van der Waals surface area contributed by atoms with Crippen LogP contribution in [0.5, 0.6) is 5.75 Å². The number of hydrogen-bond acceptors (Lipinski definition) is 2. The first kappa shape index (κ1) is 13.4. The van der Waals surface area contributed by atoms with Crippen LogP contribution in [-0.4, -0.2) is 10.6 Å². The van der Waals surface area contributed by atoms with Gasteiger partial charge in [-0.2, -0.15) is 0 Å². The van der Waals surface area contributed by atoms with E-state index in [1.165, 1.54) is 5.57 Å². The predicted octanol–water partition coefficient (Wildman–Crippen LogP) is 3.87. The highest BCUT2D eigenvalue weighted by molar-refractivity contribution is 5.73. The minimum Gasteiger partial charge on any atom is -0.482 e. The third-order valence-corrected chi connectivity index (χ3v) is 5.15. The molecule has 0 amide bonds. The van der Waals surface area contributed by atoms with Crippen molar-refractivity contribution in [2.75, 3.05) is 0 Å². The van der Waals surface area contributed by atoms with Crippen molar-refractivity contribution in [1.29, 1.82) is 0 Å². The second-order valence-corrected chi connectivity index (χ2v) is 6.58. The van der Waals surface area contributed by atoms with Crippen LogP contribution < -0.4 is 10.3 Å². The highest BCUT2D eigenvalue weighted by Gasteiger charge is 2.52. The Morgan fingerprint density at radius 2 is 1.95 bits per heavy atom. The van der Waals surface area contributed by atoms with Gasteiger partial charge in [0.1, 0.15) is 11.4 Å². The molecule has 112 valence electrons. The minimum absolute atomic E-state index is 0.0293. The lowest BCUT2D eigenvalue weighted by atomic mass is 9.82. The number of ether oxygens (including phenoxy) is 1. The highest BCUT2D eigenvalue weighted by Crippen LogP contribution is 2.56. The van der Waals surface area contributed by atoms with E-state index in [0.29, 0.717) is 5.92 Å². The Bertz CT molecular complexity index is 834. The Labute approximate surface area is 129 Å². The molecular formula is C19H19NO2. The molecule has 22 heavy (non-hydrogen) atoms. The molecule has 1 aliphatic heterocycles. The summed E-state index contributed by atoms with van der Waals surface area (Å²) in [6, 6.07) is 10.1. The van der Waals surface area contributed by atoms with Gasteiger partial charge >= 0.3 is 0 Å². The first-order chi connectivity index (χ1) is 10.5. The highest BCUT2D eigenvalue weighted by atomic mass is 16.5. The maximum atomic E-state index is 12.5. The lowest BCUT2D eigenvalue weighted by Gasteiger charge is -2.24. The molecule has 1 aromatic carbocycles. The molecule has 2 aromatic rings. The number of rotatable bonds is 1. The number of allylic oxidation sites excluding steroid dienone is 1. The predicted molar refractivity (Wildman–Crippen MR) is 87.2 cm³/mol. The fraction of sp³-hybridized carbons (Fsp3) is 0.316. The van der Waals surface area contributed by atoms with E-state index in [2.05, 4.69) is 31.8 Å². The number of hydrogen-bond donors (Lipinski definition) is 1. The van der Waals surface area contributed by atoms with Gasteiger partial charge in [-0.1, -0.05) is 42.8 Å². The molecule has 0 fully saturated rings. The van der Waals surface area contributed by atoms with Gasteiger partial charge in [-0.15, -0.1) is 0 Å². The molecule has 3 heteroatoms. The van der Waals surface area contributed by atoms with E-state index in [0.717, 1.165) is 22.4 Å². The molecule has 0 radical (unpaired) electrons. The third kappa shape index (κ3) is 1.65. The van der Waals surface area contributed by atoms with E-state index in [-0.39, 0.29) is 11.5 Å². The second-order valence-electron chi connectivity index (χ2n) is 6.58. The van der Waals surface area contributed by atoms with Crippen molar-refractivity contribution in [1.82, 2.24) is 4.98 Å². The summed E-state index contributed by atoms with van der Waals surface area (Å²) >= 11 is 0. The zero-order chi connectivity index (χ0) is 15.5. The van der Waals surface area contributed by atoms with Crippen LogP contribution in [0.2, 0.25) is 0 Å². The van der Waals surface area contributed by atoms with Crippen LogP contribution in [0.4, 0.5) is 0 Å². The Kier molecular flexibility index (Phi) is 2.65. The fourth-order valence-electron chi connectivity index (χ4n) is 4.04. The zero-order valence-electron chi connectivity index (χ0n) is 13.0. The minimum atomic E-state index is -0.413. The van der Waals surface area contributed by atoms with E-state index in [9.17, 15) is 4.79 Å². The van der Waals surface area contributed by atoms with Gasteiger partial charge in [-0.05, 0) is 31.4 Å². The van der Waals surface area contributed by atoms with Crippen LogP contribution in [0.1, 0.15) is 32.3 Å². The first-order valence-electron chi connectivity index (χ1n) is 7.70. The second kappa shape index (κ2) is 4.35. The monoisotopic (exact) mass is 293 g/mol. The molecule has 0 unspecified atom stereocenters. The summed E-state index contributed by atoms with van der Waals surface area (Å²) in [5.41, 5.74) is 3.67. The zero-order valence-corrected chi connectivity index (χ0v) is 13.0. The maximum absolute atomic E-state index is 12.5. The molecular weight excluding hydrogens is 274 g/mol. The number of benzene rings is 1. The molecule has 1 N–H and O–H groups in total. The van der Waals surface area contributed by atoms with Crippen LogP contribution in [0.3, 0.4) is 0 Å². The maximum Gasteiger partial charge on any atom is 0.255 e. The van der Waals surface area contributed by atoms with Gasteiger partial charge in [0.15, 0.2) is 0 Å². The topological polar surface area (TPSA) is 42.1 Å². The van der Waals surface area contributed by atoms with E-state index in [4.69, 9.17) is 4.74 Å². The number of H-pyrrole nitrogens is 1. The molecule has 1 aliphatic carbocycles. The van der Waals surface area contributed by atoms with E-state index < -0.39 is 5.60 Å². The summed E-state index contributed by atoms with van der Waals surface area (Å²) in [4.78, 5) is 15.4. The molecule has 3 nitrogen and oxygen atoms in total. The number of aromatic amines is 1. The number of pyridine rings is 1. The first-order valence-corrected chi connectivity index (χ1v) is 7.70. The average Bonchev–Trinajstić information content (AvgIpc) is 2.91. The quantitative estimate of drug-likeness (QED) is 0.811. The largest absolute Gasteiger partial charge is 0.482 e. The Balaban J connectivity index is 1.96. The van der Waals surface area contributed by atoms with E-state index >= 15 is 0 Å². The van der Waals surface area contributed by atoms with Crippen molar-refractivity contribution in [3.8, 4) is 16.9 Å². The van der Waals surface area contributed by atoms with Crippen molar-refractivity contribution in [2.45, 2.75) is 32.3 Å². The van der Waals surface area contributed by atoms with Gasteiger partial charge in [-0.25, -0.2) is 0 Å². The van der Waals surface area contributed by atoms with Crippen LogP contribution in [0.15, 0.2) is 53.0 Å². The average molecular weight is 293 g/mol. The van der Waals surface area contributed by atoms with Gasteiger partial charge < -0.3 is 9.72 Å². The normalized spacial score (nSPS) is 28.8. The summed E-state index contributed by atoms with van der Waals surface area (Å²) in [6.07, 6.45) is 3.94. The van der Waals surface area contributed by atoms with Crippen LogP contribution >= 0.6 is 0 Å². The van der Waals surface area contributed by atoms with Gasteiger partial charge in [-0.3, -0.25) is 4.79 Å². The number of nitrogens with one attached hydrogen (secondary N) is 1. The molecule has 0 saturated heterocycles. The van der Waals surface area contributed by atoms with Crippen molar-refractivity contribution in [3.63, 3.8) is 0 Å². The van der Waals surface area contributed by atoms with Gasteiger partial charge in [0, 0.05) is 17.7 Å². The van der Waals surface area contributed by atoms with Crippen molar-refractivity contribution in [3.05, 3.63) is 64.1 Å². The fourth-order valence-corrected chi connectivity index (χ4v) is 4.04. The molecule has 1 aromatic heterocycles. The molecule has 3 atom stereocenters. The Morgan fingerprint density at radius 1 is 1.23 bits per heavy atom. The lowest BCUT2D eigenvalue weighted by Crippen LogP contribution is -2.32. The lowest BCUT2D eigenvalue weighted by molar-refractivity contribution is 0.142. The Morgan fingerprint density at radius 3 is 2.68 bits per heavy atom. The third-order valence-electron chi connectivity index (χ3n) is 5.15. The van der Waals surface area contributed by atoms with Crippen LogP contribution in [0, 0.1) is 5.92 Å². The molecule has 4 rings (SSSR count). The van der Waals surface area contributed by atoms with Crippen LogP contribution in [0.25, 0.3) is 11.1 Å². The smallest absolute Gasteiger partial charge is 0.255 e.